The summed E-state index contributed by atoms with van der Waals surface area (Å²) in [7, 11) is -6.83. The molecule has 2 N–H and O–H groups in total. The lowest BCUT2D eigenvalue weighted by Crippen LogP contribution is -2.39. The molecule has 2 unspecified atom stereocenters. The first kappa shape index (κ1) is 13.9. The fraction of sp³-hybridized carbons (Fsp3) is 1.00. The van der Waals surface area contributed by atoms with Crippen molar-refractivity contribution in [2.24, 2.45) is 0 Å². The maximum atomic E-state index is 11.7. The Kier molecular flexibility index (Phi) is 4.33. The summed E-state index contributed by atoms with van der Waals surface area (Å²) in [5, 5.41) is 8.35. The third-order valence-corrected chi connectivity index (χ3v) is 6.45. The minimum Gasteiger partial charge on any atom is -0.392 e. The number of aliphatic hydroxyl groups excluding tert-OH is 1. The highest BCUT2D eigenvalue weighted by Crippen LogP contribution is 2.17. The van der Waals surface area contributed by atoms with Crippen molar-refractivity contribution in [1.82, 2.24) is 4.72 Å². The van der Waals surface area contributed by atoms with Gasteiger partial charge < -0.3 is 5.11 Å². The molecular weight excluding hydrogens is 254 g/mol. The third-order valence-electron chi connectivity index (χ3n) is 2.62. The number of rotatable bonds is 5. The van der Waals surface area contributed by atoms with Gasteiger partial charge in [-0.05, 0) is 12.8 Å². The molecule has 1 heterocycles. The number of sulfonamides is 1. The quantitative estimate of drug-likeness (QED) is 0.658. The Balaban J connectivity index is 2.59. The second-order valence-corrected chi connectivity index (χ2v) is 8.25. The van der Waals surface area contributed by atoms with Crippen LogP contribution in [0.5, 0.6) is 0 Å². The summed E-state index contributed by atoms with van der Waals surface area (Å²) in [6, 6.07) is 0. The number of sulfone groups is 1. The van der Waals surface area contributed by atoms with Gasteiger partial charge in [0.15, 0.2) is 9.84 Å². The first-order valence-corrected chi connectivity index (χ1v) is 8.50. The molecule has 1 saturated heterocycles. The van der Waals surface area contributed by atoms with Crippen LogP contribution in [0.4, 0.5) is 0 Å². The van der Waals surface area contributed by atoms with Crippen LogP contribution in [0.2, 0.25) is 0 Å². The van der Waals surface area contributed by atoms with Gasteiger partial charge >= 0.3 is 0 Å². The summed E-state index contributed by atoms with van der Waals surface area (Å²) in [6.45, 7) is 1.67. The molecule has 1 fully saturated rings. The summed E-state index contributed by atoms with van der Waals surface area (Å²) in [5.74, 6) is -0.389. The lowest BCUT2D eigenvalue weighted by atomic mass is 10.3. The van der Waals surface area contributed by atoms with E-state index < -0.39 is 31.2 Å². The van der Waals surface area contributed by atoms with Gasteiger partial charge in [-0.1, -0.05) is 6.92 Å². The van der Waals surface area contributed by atoms with E-state index in [1.165, 1.54) is 0 Å². The SMILES string of the molecule is CCC(O)CNS(=O)(=O)C1CCS(=O)(=O)C1. The highest BCUT2D eigenvalue weighted by molar-refractivity contribution is 7.95. The summed E-state index contributed by atoms with van der Waals surface area (Å²) in [5.41, 5.74) is 0. The van der Waals surface area contributed by atoms with E-state index in [0.29, 0.717) is 6.42 Å². The van der Waals surface area contributed by atoms with E-state index in [9.17, 15) is 21.9 Å². The van der Waals surface area contributed by atoms with Crippen LogP contribution in [0.1, 0.15) is 19.8 Å². The predicted molar refractivity (Wildman–Crippen MR) is 60.3 cm³/mol. The Morgan fingerprint density at radius 2 is 2.12 bits per heavy atom. The normalized spacial score (nSPS) is 26.8. The van der Waals surface area contributed by atoms with Crippen LogP contribution in [0.3, 0.4) is 0 Å². The molecule has 1 rings (SSSR count). The van der Waals surface area contributed by atoms with Crippen LogP contribution >= 0.6 is 0 Å². The van der Waals surface area contributed by atoms with Crippen molar-refractivity contribution in [1.29, 1.82) is 0 Å². The zero-order chi connectivity index (χ0) is 12.4. The van der Waals surface area contributed by atoms with Crippen LogP contribution in [0.25, 0.3) is 0 Å². The van der Waals surface area contributed by atoms with E-state index >= 15 is 0 Å². The minimum absolute atomic E-state index is 0.0601. The monoisotopic (exact) mass is 271 g/mol. The van der Waals surface area contributed by atoms with Crippen molar-refractivity contribution in [3.63, 3.8) is 0 Å². The highest BCUT2D eigenvalue weighted by Gasteiger charge is 2.36. The maximum absolute atomic E-state index is 11.7. The molecule has 6 nitrogen and oxygen atoms in total. The molecule has 1 aliphatic rings. The van der Waals surface area contributed by atoms with Crippen LogP contribution in [0, 0.1) is 0 Å². The number of hydrogen-bond donors (Lipinski definition) is 2. The van der Waals surface area contributed by atoms with Gasteiger partial charge in [0, 0.05) is 6.54 Å². The molecule has 0 amide bonds. The second kappa shape index (κ2) is 4.99. The van der Waals surface area contributed by atoms with Gasteiger partial charge in [0.25, 0.3) is 0 Å². The molecule has 0 aromatic rings. The van der Waals surface area contributed by atoms with Crippen molar-refractivity contribution < 1.29 is 21.9 Å². The van der Waals surface area contributed by atoms with Crippen LogP contribution in [-0.2, 0) is 19.9 Å². The standard InChI is InChI=1S/C8H17NO5S2/c1-2-7(10)5-9-16(13,14)8-3-4-15(11,12)6-8/h7-10H,2-6H2,1H3. The Bertz CT molecular complexity index is 427. The smallest absolute Gasteiger partial charge is 0.215 e. The Morgan fingerprint density at radius 1 is 1.50 bits per heavy atom. The topological polar surface area (TPSA) is 101 Å². The summed E-state index contributed by atoms with van der Waals surface area (Å²) in [4.78, 5) is 0. The third kappa shape index (κ3) is 3.69. The average molecular weight is 271 g/mol. The van der Waals surface area contributed by atoms with E-state index in [1.807, 2.05) is 0 Å². The first-order valence-electron chi connectivity index (χ1n) is 5.14. The van der Waals surface area contributed by atoms with Crippen molar-refractivity contribution in [3.8, 4) is 0 Å². The van der Waals surface area contributed by atoms with Gasteiger partial charge in [0.05, 0.1) is 22.9 Å². The van der Waals surface area contributed by atoms with Crippen molar-refractivity contribution in [2.75, 3.05) is 18.1 Å². The predicted octanol–water partition coefficient (Wildman–Crippen LogP) is -1.14. The maximum Gasteiger partial charge on any atom is 0.215 e. The van der Waals surface area contributed by atoms with Crippen molar-refractivity contribution in [2.45, 2.75) is 31.1 Å². The first-order chi connectivity index (χ1) is 7.27. The molecule has 1 aliphatic heterocycles. The zero-order valence-electron chi connectivity index (χ0n) is 9.09. The number of hydrogen-bond acceptors (Lipinski definition) is 5. The highest BCUT2D eigenvalue weighted by atomic mass is 32.2. The van der Waals surface area contributed by atoms with Crippen molar-refractivity contribution >= 4 is 19.9 Å². The number of nitrogens with one attached hydrogen (secondary N) is 1. The van der Waals surface area contributed by atoms with Gasteiger partial charge in [0.2, 0.25) is 10.0 Å². The van der Waals surface area contributed by atoms with E-state index in [4.69, 9.17) is 0 Å². The van der Waals surface area contributed by atoms with Crippen LogP contribution in [0.15, 0.2) is 0 Å². The molecule has 0 spiro atoms. The van der Waals surface area contributed by atoms with E-state index in [0.717, 1.165) is 0 Å². The fourth-order valence-electron chi connectivity index (χ4n) is 1.48. The van der Waals surface area contributed by atoms with Gasteiger partial charge in [-0.15, -0.1) is 0 Å². The lowest BCUT2D eigenvalue weighted by Gasteiger charge is -2.13. The van der Waals surface area contributed by atoms with Gasteiger partial charge in [-0.2, -0.15) is 0 Å². The Morgan fingerprint density at radius 3 is 2.56 bits per heavy atom. The molecule has 0 aromatic carbocycles. The summed E-state index contributed by atoms with van der Waals surface area (Å²) in [6.07, 6.45) is -0.140. The molecule has 0 bridgehead atoms. The molecule has 16 heavy (non-hydrogen) atoms. The summed E-state index contributed by atoms with van der Waals surface area (Å²) < 4.78 is 47.8. The molecule has 8 heteroatoms. The van der Waals surface area contributed by atoms with Crippen LogP contribution < -0.4 is 4.72 Å². The molecule has 2 atom stereocenters. The molecule has 0 saturated carbocycles. The second-order valence-electron chi connectivity index (χ2n) is 3.98. The van der Waals surface area contributed by atoms with Gasteiger partial charge in [-0.3, -0.25) is 0 Å². The molecule has 0 aliphatic carbocycles. The fourth-order valence-corrected chi connectivity index (χ4v) is 5.60. The minimum atomic E-state index is -3.63. The Labute approximate surface area is 96.0 Å². The Hall–Kier alpha value is -0.180. The van der Waals surface area contributed by atoms with Crippen molar-refractivity contribution in [3.05, 3.63) is 0 Å². The van der Waals surface area contributed by atoms with Crippen LogP contribution in [-0.4, -0.2) is 51.3 Å². The molecule has 0 aromatic heterocycles. The van der Waals surface area contributed by atoms with E-state index in [1.54, 1.807) is 6.92 Å². The lowest BCUT2D eigenvalue weighted by molar-refractivity contribution is 0.174. The molecule has 0 radical (unpaired) electrons. The number of aliphatic hydroxyl groups is 1. The molecular formula is C8H17NO5S2. The summed E-state index contributed by atoms with van der Waals surface area (Å²) >= 11 is 0. The zero-order valence-corrected chi connectivity index (χ0v) is 10.7. The average Bonchev–Trinajstić information content (AvgIpc) is 2.56. The largest absolute Gasteiger partial charge is 0.392 e. The van der Waals surface area contributed by atoms with Gasteiger partial charge in [-0.25, -0.2) is 21.6 Å². The molecule has 96 valence electrons. The van der Waals surface area contributed by atoms with E-state index in [2.05, 4.69) is 4.72 Å². The van der Waals surface area contributed by atoms with E-state index in [-0.39, 0.29) is 24.5 Å². The van der Waals surface area contributed by atoms with Gasteiger partial charge in [0.1, 0.15) is 0 Å².